The second-order valence-electron chi connectivity index (χ2n) is 6.89. The van der Waals surface area contributed by atoms with E-state index in [-0.39, 0.29) is 5.97 Å². The average molecular weight is 298 g/mol. The van der Waals surface area contributed by atoms with Crippen molar-refractivity contribution in [2.75, 3.05) is 26.2 Å². The molecule has 0 amide bonds. The summed E-state index contributed by atoms with van der Waals surface area (Å²) in [5.41, 5.74) is -0.575. The zero-order chi connectivity index (χ0) is 16.0. The summed E-state index contributed by atoms with van der Waals surface area (Å²) in [5, 5.41) is 3.32. The highest BCUT2D eigenvalue weighted by Gasteiger charge is 2.36. The Morgan fingerprint density at radius 1 is 1.33 bits per heavy atom. The highest BCUT2D eigenvalue weighted by molar-refractivity contribution is 5.80. The Kier molecular flexibility index (Phi) is 7.14. The van der Waals surface area contributed by atoms with Crippen LogP contribution in [-0.2, 0) is 9.53 Å². The van der Waals surface area contributed by atoms with E-state index in [0.717, 1.165) is 37.9 Å². The minimum atomic E-state index is -0.575. The van der Waals surface area contributed by atoms with E-state index in [4.69, 9.17) is 4.74 Å². The number of hydrogen-bond donors (Lipinski definition) is 1. The quantitative estimate of drug-likeness (QED) is 0.734. The van der Waals surface area contributed by atoms with Gasteiger partial charge in [-0.1, -0.05) is 20.8 Å². The van der Waals surface area contributed by atoms with Crippen molar-refractivity contribution < 1.29 is 9.53 Å². The number of rotatable bonds is 7. The molecule has 0 radical (unpaired) electrons. The summed E-state index contributed by atoms with van der Waals surface area (Å²) in [6.07, 6.45) is 2.10. The zero-order valence-corrected chi connectivity index (χ0v) is 14.7. The van der Waals surface area contributed by atoms with Gasteiger partial charge in [0, 0.05) is 19.1 Å². The Hall–Kier alpha value is -0.610. The molecule has 0 aromatic rings. The normalized spacial score (nSPS) is 29.9. The number of nitrogens with one attached hydrogen (secondary N) is 1. The van der Waals surface area contributed by atoms with Crippen molar-refractivity contribution in [1.29, 1.82) is 0 Å². The van der Waals surface area contributed by atoms with Crippen LogP contribution in [0.5, 0.6) is 0 Å². The number of nitrogens with zero attached hydrogens (tertiary/aromatic N) is 1. The Labute approximate surface area is 130 Å². The predicted molar refractivity (Wildman–Crippen MR) is 87.3 cm³/mol. The average Bonchev–Trinajstić information content (AvgIpc) is 2.41. The van der Waals surface area contributed by atoms with Gasteiger partial charge in [0.05, 0.1) is 6.61 Å². The predicted octanol–water partition coefficient (Wildman–Crippen LogP) is 2.67. The number of likely N-dealkylation sites (N-methyl/N-ethyl adjacent to an activating group) is 1. The Morgan fingerprint density at radius 2 is 2.00 bits per heavy atom. The van der Waals surface area contributed by atoms with Gasteiger partial charge in [-0.15, -0.1) is 0 Å². The van der Waals surface area contributed by atoms with Gasteiger partial charge >= 0.3 is 5.97 Å². The van der Waals surface area contributed by atoms with Crippen molar-refractivity contribution in [2.45, 2.75) is 66.0 Å². The van der Waals surface area contributed by atoms with Crippen molar-refractivity contribution >= 4 is 5.97 Å². The fourth-order valence-electron chi connectivity index (χ4n) is 3.44. The van der Waals surface area contributed by atoms with Gasteiger partial charge in [-0.05, 0) is 52.0 Å². The molecule has 1 heterocycles. The topological polar surface area (TPSA) is 41.6 Å². The number of carbonyl (C=O) groups is 1. The number of carbonyl (C=O) groups excluding carboxylic acids is 1. The molecule has 4 nitrogen and oxygen atoms in total. The molecule has 1 aliphatic rings. The number of hydrogen-bond acceptors (Lipinski definition) is 4. The minimum Gasteiger partial charge on any atom is -0.465 e. The summed E-state index contributed by atoms with van der Waals surface area (Å²) in [7, 11) is 0. The molecule has 21 heavy (non-hydrogen) atoms. The Balaban J connectivity index is 2.65. The van der Waals surface area contributed by atoms with Gasteiger partial charge in [-0.25, -0.2) is 0 Å². The van der Waals surface area contributed by atoms with Crippen molar-refractivity contribution in [3.63, 3.8) is 0 Å². The van der Waals surface area contributed by atoms with E-state index in [9.17, 15) is 4.79 Å². The third-order valence-electron chi connectivity index (χ3n) is 4.91. The molecule has 4 atom stereocenters. The van der Waals surface area contributed by atoms with E-state index in [1.807, 2.05) is 20.8 Å². The highest BCUT2D eigenvalue weighted by atomic mass is 16.5. The lowest BCUT2D eigenvalue weighted by Gasteiger charge is -2.42. The fourth-order valence-corrected chi connectivity index (χ4v) is 3.44. The molecule has 1 N–H and O–H groups in total. The lowest BCUT2D eigenvalue weighted by atomic mass is 9.85. The maximum Gasteiger partial charge on any atom is 0.326 e. The smallest absolute Gasteiger partial charge is 0.326 e. The molecule has 1 rings (SSSR count). The SMILES string of the molecule is CCNC(C)(CCN1CC(C)CC(C)C1C)C(=O)OCC. The zero-order valence-electron chi connectivity index (χ0n) is 14.7. The van der Waals surface area contributed by atoms with Crippen LogP contribution in [0.3, 0.4) is 0 Å². The highest BCUT2D eigenvalue weighted by Crippen LogP contribution is 2.27. The number of esters is 1. The standard InChI is InChI=1S/C17H34N2O2/c1-7-18-17(6,16(20)21-8-2)9-10-19-12-13(3)11-14(4)15(19)5/h13-15,18H,7-12H2,1-6H3. The van der Waals surface area contributed by atoms with Gasteiger partial charge in [0.15, 0.2) is 0 Å². The first-order valence-corrected chi connectivity index (χ1v) is 8.50. The van der Waals surface area contributed by atoms with Crippen LogP contribution >= 0.6 is 0 Å². The molecule has 1 saturated heterocycles. The number of piperidine rings is 1. The van der Waals surface area contributed by atoms with E-state index >= 15 is 0 Å². The van der Waals surface area contributed by atoms with Crippen molar-refractivity contribution in [1.82, 2.24) is 10.2 Å². The van der Waals surface area contributed by atoms with Crippen molar-refractivity contribution in [3.05, 3.63) is 0 Å². The number of likely N-dealkylation sites (tertiary alicyclic amines) is 1. The first-order valence-electron chi connectivity index (χ1n) is 8.50. The Bertz CT molecular complexity index is 335. The van der Waals surface area contributed by atoms with Crippen LogP contribution in [-0.4, -0.2) is 48.7 Å². The molecule has 124 valence electrons. The van der Waals surface area contributed by atoms with Crippen LogP contribution in [0.1, 0.15) is 54.4 Å². The molecular weight excluding hydrogens is 264 g/mol. The maximum absolute atomic E-state index is 12.2. The van der Waals surface area contributed by atoms with Crippen molar-refractivity contribution in [3.8, 4) is 0 Å². The van der Waals surface area contributed by atoms with E-state index < -0.39 is 5.54 Å². The van der Waals surface area contributed by atoms with Gasteiger partial charge in [-0.3, -0.25) is 4.79 Å². The third-order valence-corrected chi connectivity index (χ3v) is 4.91. The second kappa shape index (κ2) is 8.14. The molecule has 4 heteroatoms. The minimum absolute atomic E-state index is 0.127. The summed E-state index contributed by atoms with van der Waals surface area (Å²) in [6.45, 7) is 16.1. The molecule has 0 saturated carbocycles. The van der Waals surface area contributed by atoms with Crippen molar-refractivity contribution in [2.24, 2.45) is 11.8 Å². The van der Waals surface area contributed by atoms with E-state index in [1.54, 1.807) is 0 Å². The first kappa shape index (κ1) is 18.4. The molecule has 0 bridgehead atoms. The summed E-state index contributed by atoms with van der Waals surface area (Å²) in [6, 6.07) is 0.592. The monoisotopic (exact) mass is 298 g/mol. The lowest BCUT2D eigenvalue weighted by molar-refractivity contribution is -0.151. The van der Waals surface area contributed by atoms with Crippen LogP contribution < -0.4 is 5.32 Å². The second-order valence-corrected chi connectivity index (χ2v) is 6.89. The lowest BCUT2D eigenvalue weighted by Crippen LogP contribution is -2.54. The van der Waals surface area contributed by atoms with Crippen LogP contribution in [0.4, 0.5) is 0 Å². The van der Waals surface area contributed by atoms with Crippen LogP contribution in [0.15, 0.2) is 0 Å². The number of ether oxygens (including phenoxy) is 1. The summed E-state index contributed by atoms with van der Waals surface area (Å²) >= 11 is 0. The fraction of sp³-hybridized carbons (Fsp3) is 0.941. The molecule has 1 fully saturated rings. The molecule has 1 aliphatic heterocycles. The van der Waals surface area contributed by atoms with Crippen LogP contribution in [0.25, 0.3) is 0 Å². The third kappa shape index (κ3) is 4.96. The van der Waals surface area contributed by atoms with Gasteiger partial charge in [-0.2, -0.15) is 0 Å². The van der Waals surface area contributed by atoms with E-state index in [1.165, 1.54) is 6.42 Å². The molecular formula is C17H34N2O2. The van der Waals surface area contributed by atoms with E-state index in [0.29, 0.717) is 12.6 Å². The van der Waals surface area contributed by atoms with Crippen LogP contribution in [0.2, 0.25) is 0 Å². The maximum atomic E-state index is 12.2. The summed E-state index contributed by atoms with van der Waals surface area (Å²) < 4.78 is 5.25. The molecule has 0 aromatic carbocycles. The van der Waals surface area contributed by atoms with E-state index in [2.05, 4.69) is 31.0 Å². The summed E-state index contributed by atoms with van der Waals surface area (Å²) in [5.74, 6) is 1.34. The van der Waals surface area contributed by atoms with Gasteiger partial charge in [0.2, 0.25) is 0 Å². The molecule has 0 aliphatic carbocycles. The summed E-state index contributed by atoms with van der Waals surface area (Å²) in [4.78, 5) is 14.8. The van der Waals surface area contributed by atoms with Gasteiger partial charge in [0.1, 0.15) is 5.54 Å². The Morgan fingerprint density at radius 3 is 2.57 bits per heavy atom. The van der Waals surface area contributed by atoms with Gasteiger partial charge in [0.25, 0.3) is 0 Å². The molecule has 0 spiro atoms. The molecule has 4 unspecified atom stereocenters. The van der Waals surface area contributed by atoms with Crippen LogP contribution in [0, 0.1) is 11.8 Å². The first-order chi connectivity index (χ1) is 9.84. The molecule has 0 aromatic heterocycles. The van der Waals surface area contributed by atoms with Gasteiger partial charge < -0.3 is 15.0 Å². The largest absolute Gasteiger partial charge is 0.465 e.